The molecule has 0 aliphatic carbocycles. The van der Waals surface area contributed by atoms with Gasteiger partial charge in [0.25, 0.3) is 15.9 Å². The van der Waals surface area contributed by atoms with Gasteiger partial charge in [0.15, 0.2) is 0 Å². The van der Waals surface area contributed by atoms with Crippen LogP contribution in [0.3, 0.4) is 0 Å². The van der Waals surface area contributed by atoms with E-state index >= 15 is 0 Å². The highest BCUT2D eigenvalue weighted by Crippen LogP contribution is 2.25. The predicted octanol–water partition coefficient (Wildman–Crippen LogP) is 4.99. The summed E-state index contributed by atoms with van der Waals surface area (Å²) in [6, 6.07) is 20.4. The molecule has 0 atom stereocenters. The number of sulfonamides is 1. The molecule has 0 aliphatic rings. The van der Waals surface area contributed by atoms with E-state index in [2.05, 4.69) is 33.1 Å². The van der Waals surface area contributed by atoms with Crippen LogP contribution in [0.2, 0.25) is 5.02 Å². The van der Waals surface area contributed by atoms with Crippen LogP contribution < -0.4 is 9.73 Å². The van der Waals surface area contributed by atoms with Crippen molar-refractivity contribution in [2.45, 2.75) is 18.7 Å². The molecule has 0 fully saturated rings. The van der Waals surface area contributed by atoms with Crippen molar-refractivity contribution >= 4 is 61.5 Å². The minimum absolute atomic E-state index is 0.0874. The SMILES string of the molecule is C/C(=N/NC(=O)CN(c1ccc(Cl)cc1)S(=O)(=O)c1ccc(C)cc1)c1cccc(I)c1. The zero-order valence-corrected chi connectivity index (χ0v) is 21.1. The molecule has 0 saturated heterocycles. The number of hydrazone groups is 1. The predicted molar refractivity (Wildman–Crippen MR) is 137 cm³/mol. The summed E-state index contributed by atoms with van der Waals surface area (Å²) >= 11 is 8.16. The molecule has 3 aromatic carbocycles. The first kappa shape index (κ1) is 24.2. The fourth-order valence-electron chi connectivity index (χ4n) is 2.85. The third-order valence-corrected chi connectivity index (χ3v) is 7.31. The highest BCUT2D eigenvalue weighted by Gasteiger charge is 2.27. The maximum atomic E-state index is 13.3. The lowest BCUT2D eigenvalue weighted by Gasteiger charge is -2.24. The van der Waals surface area contributed by atoms with Gasteiger partial charge in [-0.3, -0.25) is 9.10 Å². The molecule has 0 aliphatic heterocycles. The number of hydrogen-bond acceptors (Lipinski definition) is 4. The first-order valence-electron chi connectivity index (χ1n) is 9.61. The minimum Gasteiger partial charge on any atom is -0.271 e. The molecule has 9 heteroatoms. The van der Waals surface area contributed by atoms with Gasteiger partial charge in [-0.15, -0.1) is 0 Å². The number of benzene rings is 3. The first-order chi connectivity index (χ1) is 15.2. The van der Waals surface area contributed by atoms with Gasteiger partial charge in [-0.2, -0.15) is 5.10 Å². The van der Waals surface area contributed by atoms with Crippen molar-refractivity contribution < 1.29 is 13.2 Å². The molecule has 1 N–H and O–H groups in total. The van der Waals surface area contributed by atoms with Gasteiger partial charge >= 0.3 is 0 Å². The molecule has 0 unspecified atom stereocenters. The Morgan fingerprint density at radius 3 is 2.34 bits per heavy atom. The lowest BCUT2D eigenvalue weighted by molar-refractivity contribution is -0.119. The maximum absolute atomic E-state index is 13.3. The fraction of sp³-hybridized carbons (Fsp3) is 0.130. The summed E-state index contributed by atoms with van der Waals surface area (Å²) in [5, 5.41) is 4.60. The van der Waals surface area contributed by atoms with E-state index in [-0.39, 0.29) is 4.90 Å². The number of amides is 1. The normalized spacial score (nSPS) is 11.8. The van der Waals surface area contributed by atoms with Crippen molar-refractivity contribution in [1.29, 1.82) is 0 Å². The van der Waals surface area contributed by atoms with E-state index in [1.165, 1.54) is 12.1 Å². The Kier molecular flexibility index (Phi) is 7.91. The van der Waals surface area contributed by atoms with Crippen molar-refractivity contribution in [3.05, 3.63) is 92.5 Å². The first-order valence-corrected chi connectivity index (χ1v) is 12.5. The lowest BCUT2D eigenvalue weighted by atomic mass is 10.1. The summed E-state index contributed by atoms with van der Waals surface area (Å²) in [5.41, 5.74) is 5.18. The molecule has 0 heterocycles. The van der Waals surface area contributed by atoms with Gasteiger partial charge in [-0.05, 0) is 90.5 Å². The Balaban J connectivity index is 1.87. The summed E-state index contributed by atoms with van der Waals surface area (Å²) in [6.45, 7) is 3.20. The third-order valence-electron chi connectivity index (χ3n) is 4.60. The largest absolute Gasteiger partial charge is 0.271 e. The van der Waals surface area contributed by atoms with Gasteiger partial charge in [0.05, 0.1) is 16.3 Å². The molecule has 3 rings (SSSR count). The molecular weight excluding hydrogens is 561 g/mol. The summed E-state index contributed by atoms with van der Waals surface area (Å²) in [7, 11) is -4.00. The lowest BCUT2D eigenvalue weighted by Crippen LogP contribution is -2.39. The van der Waals surface area contributed by atoms with E-state index in [1.807, 2.05) is 31.2 Å². The number of carbonyl (C=O) groups excluding carboxylic acids is 1. The van der Waals surface area contributed by atoms with Crippen LogP contribution in [0.25, 0.3) is 0 Å². The number of halogens is 2. The number of nitrogens with zero attached hydrogens (tertiary/aromatic N) is 2. The summed E-state index contributed by atoms with van der Waals surface area (Å²) < 4.78 is 28.8. The number of hydrogen-bond donors (Lipinski definition) is 1. The summed E-state index contributed by atoms with van der Waals surface area (Å²) in [6.07, 6.45) is 0. The molecular formula is C23H21ClIN3O3S. The van der Waals surface area contributed by atoms with Crippen LogP contribution in [0.1, 0.15) is 18.1 Å². The molecule has 32 heavy (non-hydrogen) atoms. The average molecular weight is 582 g/mol. The van der Waals surface area contributed by atoms with Crippen LogP contribution in [-0.2, 0) is 14.8 Å². The number of aryl methyl sites for hydroxylation is 1. The fourth-order valence-corrected chi connectivity index (χ4v) is 4.94. The van der Waals surface area contributed by atoms with Crippen LogP contribution in [0.15, 0.2) is 82.8 Å². The van der Waals surface area contributed by atoms with E-state index in [1.54, 1.807) is 43.3 Å². The smallest absolute Gasteiger partial charge is 0.264 e. The molecule has 0 saturated carbocycles. The van der Waals surface area contributed by atoms with Gasteiger partial charge in [0, 0.05) is 8.59 Å². The maximum Gasteiger partial charge on any atom is 0.264 e. The van der Waals surface area contributed by atoms with E-state index in [0.29, 0.717) is 16.4 Å². The van der Waals surface area contributed by atoms with Crippen molar-refractivity contribution in [2.75, 3.05) is 10.8 Å². The van der Waals surface area contributed by atoms with Gasteiger partial charge in [0.2, 0.25) is 0 Å². The van der Waals surface area contributed by atoms with Gasteiger partial charge in [0.1, 0.15) is 6.54 Å². The Morgan fingerprint density at radius 1 is 1.06 bits per heavy atom. The number of carbonyl (C=O) groups is 1. The third kappa shape index (κ3) is 6.08. The van der Waals surface area contributed by atoms with Crippen LogP contribution in [0.4, 0.5) is 5.69 Å². The Bertz CT molecular complexity index is 1240. The topological polar surface area (TPSA) is 78.8 Å². The number of rotatable bonds is 7. The van der Waals surface area contributed by atoms with E-state index in [0.717, 1.165) is 19.0 Å². The second kappa shape index (κ2) is 10.5. The molecule has 6 nitrogen and oxygen atoms in total. The number of anilines is 1. The molecule has 0 bridgehead atoms. The minimum atomic E-state index is -4.00. The Labute approximate surface area is 206 Å². The quantitative estimate of drug-likeness (QED) is 0.243. The van der Waals surface area contributed by atoms with Crippen LogP contribution >= 0.6 is 34.2 Å². The molecule has 1 amide bonds. The monoisotopic (exact) mass is 581 g/mol. The van der Waals surface area contributed by atoms with Crippen molar-refractivity contribution in [3.63, 3.8) is 0 Å². The molecule has 166 valence electrons. The Morgan fingerprint density at radius 2 is 1.72 bits per heavy atom. The second-order valence-corrected chi connectivity index (χ2v) is 10.6. The number of nitrogens with one attached hydrogen (secondary N) is 1. The highest BCUT2D eigenvalue weighted by molar-refractivity contribution is 14.1. The van der Waals surface area contributed by atoms with E-state index in [9.17, 15) is 13.2 Å². The molecule has 0 radical (unpaired) electrons. The van der Waals surface area contributed by atoms with Crippen molar-refractivity contribution in [3.8, 4) is 0 Å². The van der Waals surface area contributed by atoms with Crippen LogP contribution in [-0.4, -0.2) is 26.6 Å². The highest BCUT2D eigenvalue weighted by atomic mass is 127. The average Bonchev–Trinajstić information content (AvgIpc) is 2.77. The van der Waals surface area contributed by atoms with Gasteiger partial charge in [-0.25, -0.2) is 13.8 Å². The van der Waals surface area contributed by atoms with E-state index in [4.69, 9.17) is 11.6 Å². The van der Waals surface area contributed by atoms with E-state index < -0.39 is 22.5 Å². The van der Waals surface area contributed by atoms with Gasteiger partial charge < -0.3 is 0 Å². The van der Waals surface area contributed by atoms with Crippen molar-refractivity contribution in [1.82, 2.24) is 5.43 Å². The van der Waals surface area contributed by atoms with Crippen LogP contribution in [0, 0.1) is 10.5 Å². The second-order valence-electron chi connectivity index (χ2n) is 7.04. The standard InChI is InChI=1S/C23H21ClIN3O3S/c1-16-6-12-22(13-7-16)32(30,31)28(21-10-8-19(24)9-11-21)15-23(29)27-26-17(2)18-4-3-5-20(25)14-18/h3-14H,15H2,1-2H3,(H,27,29)/b26-17-. The molecule has 3 aromatic rings. The Hall–Kier alpha value is -2.43. The summed E-state index contributed by atoms with van der Waals surface area (Å²) in [5.74, 6) is -0.569. The summed E-state index contributed by atoms with van der Waals surface area (Å²) in [4.78, 5) is 12.8. The van der Waals surface area contributed by atoms with Gasteiger partial charge in [-0.1, -0.05) is 41.4 Å². The zero-order chi connectivity index (χ0) is 23.3. The molecule has 0 spiro atoms. The molecule has 0 aromatic heterocycles. The van der Waals surface area contributed by atoms with Crippen molar-refractivity contribution in [2.24, 2.45) is 5.10 Å². The van der Waals surface area contributed by atoms with Crippen LogP contribution in [0.5, 0.6) is 0 Å². The zero-order valence-electron chi connectivity index (χ0n) is 17.4.